The Balaban J connectivity index is 1.67. The monoisotopic (exact) mass is 341 g/mol. The molecule has 0 aliphatic heterocycles. The number of nitrogens with two attached hydrogens (primary N) is 1. The third-order valence-electron chi connectivity index (χ3n) is 3.81. The molecule has 0 aromatic carbocycles. The van der Waals surface area contributed by atoms with Gasteiger partial charge in [0.05, 0.1) is 18.7 Å². The molecule has 0 aliphatic carbocycles. The Morgan fingerprint density at radius 2 is 2.04 bits per heavy atom. The highest BCUT2D eigenvalue weighted by atomic mass is 16.5. The molecule has 3 heterocycles. The fourth-order valence-electron chi connectivity index (χ4n) is 2.50. The summed E-state index contributed by atoms with van der Waals surface area (Å²) >= 11 is 0. The van der Waals surface area contributed by atoms with E-state index < -0.39 is 0 Å². The molecule has 0 saturated heterocycles. The summed E-state index contributed by atoms with van der Waals surface area (Å²) in [5.41, 5.74) is 7.80. The number of aromatic nitrogens is 3. The summed E-state index contributed by atoms with van der Waals surface area (Å²) in [6, 6.07) is 5.83. The van der Waals surface area contributed by atoms with E-state index >= 15 is 0 Å². The number of anilines is 1. The van der Waals surface area contributed by atoms with Gasteiger partial charge in [0.1, 0.15) is 17.3 Å². The van der Waals surface area contributed by atoms with E-state index in [0.717, 1.165) is 28.5 Å². The predicted molar refractivity (Wildman–Crippen MR) is 94.6 cm³/mol. The van der Waals surface area contributed by atoms with E-state index in [4.69, 9.17) is 14.7 Å². The standard InChI is InChI=1S/C18H23N5O2/c1-11(2)18-21-16(25-22-18)10-23(4)9-13-5-6-15(24-13)14-7-12(3)8-20-17(14)19/h5-8,11H,9-10H2,1-4H3,(H2,19,20). The van der Waals surface area contributed by atoms with Crippen molar-refractivity contribution < 1.29 is 8.94 Å². The average Bonchev–Trinajstić information content (AvgIpc) is 3.19. The highest BCUT2D eigenvalue weighted by molar-refractivity contribution is 5.70. The van der Waals surface area contributed by atoms with Crippen LogP contribution in [0.1, 0.15) is 42.8 Å². The molecule has 0 aliphatic rings. The summed E-state index contributed by atoms with van der Waals surface area (Å²) in [5, 5.41) is 3.98. The molecule has 3 rings (SSSR count). The zero-order valence-corrected chi connectivity index (χ0v) is 15.0. The highest BCUT2D eigenvalue weighted by Crippen LogP contribution is 2.27. The molecule has 0 saturated carbocycles. The van der Waals surface area contributed by atoms with Gasteiger partial charge in [0.25, 0.3) is 0 Å². The van der Waals surface area contributed by atoms with Crippen LogP contribution in [0.25, 0.3) is 11.3 Å². The zero-order chi connectivity index (χ0) is 18.0. The van der Waals surface area contributed by atoms with E-state index in [0.29, 0.717) is 24.8 Å². The quantitative estimate of drug-likeness (QED) is 0.734. The number of rotatable bonds is 6. The second-order valence-electron chi connectivity index (χ2n) is 6.58. The van der Waals surface area contributed by atoms with Crippen LogP contribution in [0.2, 0.25) is 0 Å². The van der Waals surface area contributed by atoms with Gasteiger partial charge in [-0.05, 0) is 37.7 Å². The van der Waals surface area contributed by atoms with Gasteiger partial charge in [0.2, 0.25) is 5.89 Å². The summed E-state index contributed by atoms with van der Waals surface area (Å²) in [4.78, 5) is 10.6. The number of hydrogen-bond donors (Lipinski definition) is 1. The maximum atomic E-state index is 5.95. The topological polar surface area (TPSA) is 94.2 Å². The van der Waals surface area contributed by atoms with Gasteiger partial charge in [-0.2, -0.15) is 4.98 Å². The molecule has 7 nitrogen and oxygen atoms in total. The van der Waals surface area contributed by atoms with E-state index in [1.54, 1.807) is 6.20 Å². The lowest BCUT2D eigenvalue weighted by Crippen LogP contribution is -2.17. The van der Waals surface area contributed by atoms with E-state index in [1.807, 2.05) is 46.0 Å². The van der Waals surface area contributed by atoms with Gasteiger partial charge < -0.3 is 14.7 Å². The minimum absolute atomic E-state index is 0.254. The molecular formula is C18H23N5O2. The van der Waals surface area contributed by atoms with Crippen LogP contribution in [-0.4, -0.2) is 27.1 Å². The van der Waals surface area contributed by atoms with Crippen molar-refractivity contribution in [2.75, 3.05) is 12.8 Å². The fourth-order valence-corrected chi connectivity index (χ4v) is 2.50. The van der Waals surface area contributed by atoms with E-state index in [2.05, 4.69) is 20.0 Å². The van der Waals surface area contributed by atoms with Crippen molar-refractivity contribution >= 4 is 5.82 Å². The van der Waals surface area contributed by atoms with Crippen LogP contribution in [0.5, 0.6) is 0 Å². The Bertz CT molecular complexity index is 853. The van der Waals surface area contributed by atoms with Crippen LogP contribution >= 0.6 is 0 Å². The Kier molecular flexibility index (Phi) is 4.85. The Labute approximate surface area is 146 Å². The van der Waals surface area contributed by atoms with Gasteiger partial charge in [-0.25, -0.2) is 4.98 Å². The third kappa shape index (κ3) is 4.06. The molecule has 0 radical (unpaired) electrons. The highest BCUT2D eigenvalue weighted by Gasteiger charge is 2.14. The average molecular weight is 341 g/mol. The number of aryl methyl sites for hydroxylation is 1. The van der Waals surface area contributed by atoms with Crippen LogP contribution in [-0.2, 0) is 13.1 Å². The van der Waals surface area contributed by atoms with Crippen molar-refractivity contribution in [1.82, 2.24) is 20.0 Å². The molecular weight excluding hydrogens is 318 g/mol. The minimum Gasteiger partial charge on any atom is -0.460 e. The fraction of sp³-hybridized carbons (Fsp3) is 0.389. The van der Waals surface area contributed by atoms with Crippen LogP contribution < -0.4 is 5.73 Å². The molecule has 3 aromatic heterocycles. The molecule has 3 aromatic rings. The van der Waals surface area contributed by atoms with Crippen molar-refractivity contribution in [3.8, 4) is 11.3 Å². The van der Waals surface area contributed by atoms with E-state index in [-0.39, 0.29) is 5.92 Å². The number of pyridine rings is 1. The lowest BCUT2D eigenvalue weighted by Gasteiger charge is -2.12. The van der Waals surface area contributed by atoms with Gasteiger partial charge in [-0.1, -0.05) is 19.0 Å². The maximum absolute atomic E-state index is 5.95. The molecule has 25 heavy (non-hydrogen) atoms. The van der Waals surface area contributed by atoms with E-state index in [1.165, 1.54) is 0 Å². The first-order valence-electron chi connectivity index (χ1n) is 8.24. The Hall–Kier alpha value is -2.67. The van der Waals surface area contributed by atoms with Gasteiger partial charge in [-0.15, -0.1) is 0 Å². The number of furan rings is 1. The molecule has 0 atom stereocenters. The summed E-state index contributed by atoms with van der Waals surface area (Å²) in [6.45, 7) is 7.23. The van der Waals surface area contributed by atoms with Crippen molar-refractivity contribution in [2.24, 2.45) is 0 Å². The summed E-state index contributed by atoms with van der Waals surface area (Å²) < 4.78 is 11.2. The van der Waals surface area contributed by atoms with Crippen LogP contribution in [0.15, 0.2) is 33.3 Å². The first-order valence-corrected chi connectivity index (χ1v) is 8.24. The summed E-state index contributed by atoms with van der Waals surface area (Å²) in [5.74, 6) is 3.60. The molecule has 0 unspecified atom stereocenters. The molecule has 2 N–H and O–H groups in total. The molecule has 0 bridgehead atoms. The normalized spacial score (nSPS) is 11.6. The molecule has 0 fully saturated rings. The predicted octanol–water partition coefficient (Wildman–Crippen LogP) is 3.37. The Morgan fingerprint density at radius 3 is 2.76 bits per heavy atom. The largest absolute Gasteiger partial charge is 0.460 e. The smallest absolute Gasteiger partial charge is 0.240 e. The van der Waals surface area contributed by atoms with Gasteiger partial charge >= 0.3 is 0 Å². The summed E-state index contributed by atoms with van der Waals surface area (Å²) in [6.07, 6.45) is 1.74. The summed E-state index contributed by atoms with van der Waals surface area (Å²) in [7, 11) is 1.98. The van der Waals surface area contributed by atoms with Crippen LogP contribution in [0, 0.1) is 6.92 Å². The molecule has 0 spiro atoms. The van der Waals surface area contributed by atoms with Gasteiger partial charge in [0.15, 0.2) is 5.82 Å². The van der Waals surface area contributed by atoms with Crippen molar-refractivity contribution in [3.05, 3.63) is 47.4 Å². The Morgan fingerprint density at radius 1 is 1.24 bits per heavy atom. The maximum Gasteiger partial charge on any atom is 0.240 e. The van der Waals surface area contributed by atoms with Crippen LogP contribution in [0.4, 0.5) is 5.82 Å². The first kappa shape index (κ1) is 17.2. The second kappa shape index (κ2) is 7.06. The lowest BCUT2D eigenvalue weighted by molar-refractivity contribution is 0.244. The van der Waals surface area contributed by atoms with Crippen molar-refractivity contribution in [3.63, 3.8) is 0 Å². The lowest BCUT2D eigenvalue weighted by atomic mass is 10.1. The number of nitrogens with zero attached hydrogens (tertiary/aromatic N) is 4. The van der Waals surface area contributed by atoms with Gasteiger partial charge in [-0.3, -0.25) is 4.90 Å². The molecule has 132 valence electrons. The second-order valence-corrected chi connectivity index (χ2v) is 6.58. The minimum atomic E-state index is 0.254. The third-order valence-corrected chi connectivity index (χ3v) is 3.81. The molecule has 7 heteroatoms. The SMILES string of the molecule is Cc1cnc(N)c(-c2ccc(CN(C)Cc3nc(C(C)C)no3)o2)c1. The number of nitrogen functional groups attached to an aromatic ring is 1. The number of hydrogen-bond acceptors (Lipinski definition) is 7. The zero-order valence-electron chi connectivity index (χ0n) is 15.0. The van der Waals surface area contributed by atoms with Crippen molar-refractivity contribution in [2.45, 2.75) is 39.8 Å². The van der Waals surface area contributed by atoms with Crippen LogP contribution in [0.3, 0.4) is 0 Å². The van der Waals surface area contributed by atoms with Crippen molar-refractivity contribution in [1.29, 1.82) is 0 Å². The van der Waals surface area contributed by atoms with E-state index in [9.17, 15) is 0 Å². The van der Waals surface area contributed by atoms with Gasteiger partial charge in [0, 0.05) is 12.1 Å². The first-order chi connectivity index (χ1) is 11.9. The molecule has 0 amide bonds.